The van der Waals surface area contributed by atoms with Crippen molar-refractivity contribution in [2.75, 3.05) is 11.9 Å². The second kappa shape index (κ2) is 7.81. The van der Waals surface area contributed by atoms with E-state index in [1.165, 1.54) is 12.8 Å². The molecular weight excluding hydrogens is 264 g/mol. The van der Waals surface area contributed by atoms with Gasteiger partial charge in [-0.2, -0.15) is 0 Å². The zero-order valence-corrected chi connectivity index (χ0v) is 12.7. The number of benzene rings is 1. The van der Waals surface area contributed by atoms with Crippen LogP contribution in [0.3, 0.4) is 0 Å². The fourth-order valence-electron chi connectivity index (χ4n) is 2.18. The van der Waals surface area contributed by atoms with Gasteiger partial charge in [0.25, 0.3) is 5.91 Å². The molecule has 0 bridgehead atoms. The van der Waals surface area contributed by atoms with Crippen molar-refractivity contribution in [3.63, 3.8) is 0 Å². The minimum absolute atomic E-state index is 0.0622. The summed E-state index contributed by atoms with van der Waals surface area (Å²) in [5.41, 5.74) is 1.30. The molecule has 21 heavy (non-hydrogen) atoms. The number of unbranched alkanes of at least 4 members (excludes halogenated alkanes) is 3. The summed E-state index contributed by atoms with van der Waals surface area (Å²) < 4.78 is 0. The van der Waals surface area contributed by atoms with E-state index in [0.717, 1.165) is 25.7 Å². The van der Waals surface area contributed by atoms with E-state index in [4.69, 9.17) is 0 Å². The maximum absolute atomic E-state index is 12.0. The number of nitrogens with one attached hydrogen (secondary N) is 2. The third-order valence-corrected chi connectivity index (χ3v) is 3.66. The second-order valence-electron chi connectivity index (χ2n) is 5.66. The first-order chi connectivity index (χ1) is 10.2. The first kappa shape index (κ1) is 15.5. The molecule has 114 valence electrons. The first-order valence-corrected chi connectivity index (χ1v) is 7.90. The van der Waals surface area contributed by atoms with Gasteiger partial charge in [0, 0.05) is 23.7 Å². The number of hydrogen-bond acceptors (Lipinski definition) is 2. The fourth-order valence-corrected chi connectivity index (χ4v) is 2.18. The fraction of sp³-hybridized carbons (Fsp3) is 0.529. The highest BCUT2D eigenvalue weighted by Crippen LogP contribution is 2.30. The molecule has 0 saturated heterocycles. The van der Waals surface area contributed by atoms with Gasteiger partial charge in [-0.15, -0.1) is 0 Å². The average Bonchev–Trinajstić information content (AvgIpc) is 3.32. The van der Waals surface area contributed by atoms with Crippen LogP contribution in [-0.2, 0) is 4.79 Å². The highest BCUT2D eigenvalue weighted by Gasteiger charge is 2.29. The summed E-state index contributed by atoms with van der Waals surface area (Å²) in [5.74, 6) is 0.155. The predicted molar refractivity (Wildman–Crippen MR) is 84.3 cm³/mol. The molecule has 2 amide bonds. The third-order valence-electron chi connectivity index (χ3n) is 3.66. The predicted octanol–water partition coefficient (Wildman–Crippen LogP) is 3.35. The van der Waals surface area contributed by atoms with Gasteiger partial charge < -0.3 is 10.6 Å². The SMILES string of the molecule is CCCCCCNC(=O)c1cccc(NC(=O)C2CC2)c1. The number of carbonyl (C=O) groups excluding carboxylic acids is 2. The van der Waals surface area contributed by atoms with Gasteiger partial charge in [-0.05, 0) is 37.5 Å². The third kappa shape index (κ3) is 5.21. The number of amides is 2. The summed E-state index contributed by atoms with van der Waals surface area (Å²) in [6, 6.07) is 7.13. The molecule has 1 fully saturated rings. The first-order valence-electron chi connectivity index (χ1n) is 7.90. The normalized spacial score (nSPS) is 13.8. The van der Waals surface area contributed by atoms with E-state index < -0.39 is 0 Å². The summed E-state index contributed by atoms with van der Waals surface area (Å²) in [6.07, 6.45) is 6.51. The average molecular weight is 288 g/mol. The Hall–Kier alpha value is -1.84. The molecule has 1 aliphatic carbocycles. The summed E-state index contributed by atoms with van der Waals surface area (Å²) >= 11 is 0. The van der Waals surface area contributed by atoms with Gasteiger partial charge in [0.05, 0.1) is 0 Å². The van der Waals surface area contributed by atoms with Crippen molar-refractivity contribution in [2.45, 2.75) is 45.4 Å². The van der Waals surface area contributed by atoms with E-state index >= 15 is 0 Å². The lowest BCUT2D eigenvalue weighted by Crippen LogP contribution is -2.24. The summed E-state index contributed by atoms with van der Waals surface area (Å²) in [5, 5.41) is 5.79. The van der Waals surface area contributed by atoms with Crippen molar-refractivity contribution >= 4 is 17.5 Å². The summed E-state index contributed by atoms with van der Waals surface area (Å²) in [4.78, 5) is 23.8. The molecule has 2 rings (SSSR count). The van der Waals surface area contributed by atoms with Crippen molar-refractivity contribution in [1.29, 1.82) is 0 Å². The molecule has 2 N–H and O–H groups in total. The lowest BCUT2D eigenvalue weighted by molar-refractivity contribution is -0.117. The van der Waals surface area contributed by atoms with Crippen molar-refractivity contribution < 1.29 is 9.59 Å². The molecule has 1 saturated carbocycles. The summed E-state index contributed by atoms with van der Waals surface area (Å²) in [6.45, 7) is 2.87. The molecule has 1 aromatic carbocycles. The van der Waals surface area contributed by atoms with Crippen LogP contribution in [-0.4, -0.2) is 18.4 Å². The Morgan fingerprint density at radius 3 is 2.71 bits per heavy atom. The molecule has 0 heterocycles. The van der Waals surface area contributed by atoms with Gasteiger partial charge in [0.1, 0.15) is 0 Å². The molecular formula is C17H24N2O2. The van der Waals surface area contributed by atoms with E-state index in [2.05, 4.69) is 17.6 Å². The highest BCUT2D eigenvalue weighted by atomic mass is 16.2. The molecule has 4 heteroatoms. The Morgan fingerprint density at radius 2 is 2.00 bits per heavy atom. The lowest BCUT2D eigenvalue weighted by Gasteiger charge is -2.08. The Bertz CT molecular complexity index is 495. The number of hydrogen-bond donors (Lipinski definition) is 2. The van der Waals surface area contributed by atoms with Crippen LogP contribution >= 0.6 is 0 Å². The molecule has 0 radical (unpaired) electrons. The van der Waals surface area contributed by atoms with Gasteiger partial charge in [0.15, 0.2) is 0 Å². The zero-order chi connectivity index (χ0) is 15.1. The molecule has 0 atom stereocenters. The molecule has 0 aliphatic heterocycles. The van der Waals surface area contributed by atoms with Crippen molar-refractivity contribution in [3.8, 4) is 0 Å². The van der Waals surface area contributed by atoms with Gasteiger partial charge in [0.2, 0.25) is 5.91 Å². The van der Waals surface area contributed by atoms with E-state index in [1.807, 2.05) is 6.07 Å². The van der Waals surface area contributed by atoms with Crippen molar-refractivity contribution in [3.05, 3.63) is 29.8 Å². The zero-order valence-electron chi connectivity index (χ0n) is 12.7. The van der Waals surface area contributed by atoms with Crippen LogP contribution in [0, 0.1) is 5.92 Å². The van der Waals surface area contributed by atoms with Crippen LogP contribution in [0.4, 0.5) is 5.69 Å². The van der Waals surface area contributed by atoms with Gasteiger partial charge in [-0.3, -0.25) is 9.59 Å². The lowest BCUT2D eigenvalue weighted by atomic mass is 10.1. The smallest absolute Gasteiger partial charge is 0.251 e. The largest absolute Gasteiger partial charge is 0.352 e. The summed E-state index contributed by atoms with van der Waals surface area (Å²) in [7, 11) is 0. The monoisotopic (exact) mass is 288 g/mol. The van der Waals surface area contributed by atoms with E-state index in [9.17, 15) is 9.59 Å². The Kier molecular flexibility index (Phi) is 5.78. The Balaban J connectivity index is 1.81. The van der Waals surface area contributed by atoms with Gasteiger partial charge >= 0.3 is 0 Å². The van der Waals surface area contributed by atoms with Crippen LogP contribution in [0.1, 0.15) is 55.8 Å². The minimum atomic E-state index is -0.0750. The standard InChI is InChI=1S/C17H24N2O2/c1-2-3-4-5-11-18-16(20)14-7-6-8-15(12-14)19-17(21)13-9-10-13/h6-8,12-13H,2-5,9-11H2,1H3,(H,18,20)(H,19,21). The van der Waals surface area contributed by atoms with Crippen LogP contribution in [0.5, 0.6) is 0 Å². The number of anilines is 1. The Labute approximate surface area is 126 Å². The minimum Gasteiger partial charge on any atom is -0.352 e. The Morgan fingerprint density at radius 1 is 1.19 bits per heavy atom. The molecule has 0 spiro atoms. The maximum Gasteiger partial charge on any atom is 0.251 e. The van der Waals surface area contributed by atoms with Crippen molar-refractivity contribution in [1.82, 2.24) is 5.32 Å². The van der Waals surface area contributed by atoms with E-state index in [1.54, 1.807) is 18.2 Å². The highest BCUT2D eigenvalue weighted by molar-refractivity contribution is 5.98. The van der Waals surface area contributed by atoms with Crippen LogP contribution in [0.2, 0.25) is 0 Å². The van der Waals surface area contributed by atoms with Gasteiger partial charge in [-0.1, -0.05) is 32.3 Å². The van der Waals surface area contributed by atoms with E-state index in [-0.39, 0.29) is 17.7 Å². The molecule has 1 aliphatic rings. The van der Waals surface area contributed by atoms with Gasteiger partial charge in [-0.25, -0.2) is 0 Å². The van der Waals surface area contributed by atoms with Crippen LogP contribution in [0.25, 0.3) is 0 Å². The van der Waals surface area contributed by atoms with Crippen molar-refractivity contribution in [2.24, 2.45) is 5.92 Å². The second-order valence-corrected chi connectivity index (χ2v) is 5.66. The topological polar surface area (TPSA) is 58.2 Å². The quantitative estimate of drug-likeness (QED) is 0.721. The number of carbonyl (C=O) groups is 2. The van der Waals surface area contributed by atoms with Crippen LogP contribution < -0.4 is 10.6 Å². The molecule has 0 unspecified atom stereocenters. The molecule has 4 nitrogen and oxygen atoms in total. The van der Waals surface area contributed by atoms with E-state index in [0.29, 0.717) is 17.8 Å². The molecule has 0 aromatic heterocycles. The maximum atomic E-state index is 12.0. The van der Waals surface area contributed by atoms with Crippen LogP contribution in [0.15, 0.2) is 24.3 Å². The number of rotatable bonds is 8. The molecule has 1 aromatic rings.